The fraction of sp³-hybridized carbons (Fsp3) is 1.00. The molecule has 0 aliphatic rings. The van der Waals surface area contributed by atoms with Crippen LogP contribution in [0.2, 0.25) is 0 Å². The average Bonchev–Trinajstić information content (AvgIpc) is 2.54. The summed E-state index contributed by atoms with van der Waals surface area (Å²) in [5.74, 6) is 1.73. The fourth-order valence-corrected chi connectivity index (χ4v) is 4.37. The molecular weight excluding hydrogens is 320 g/mol. The van der Waals surface area contributed by atoms with Crippen molar-refractivity contribution in [3.63, 3.8) is 0 Å². The van der Waals surface area contributed by atoms with Gasteiger partial charge in [-0.05, 0) is 12.8 Å². The van der Waals surface area contributed by atoms with E-state index >= 15 is 0 Å². The molecule has 0 spiro atoms. The summed E-state index contributed by atoms with van der Waals surface area (Å²) >= 11 is 0. The third-order valence-corrected chi connectivity index (χ3v) is 6.08. The molecule has 0 saturated heterocycles. The number of rotatable bonds is 17. The van der Waals surface area contributed by atoms with E-state index in [1.54, 1.807) is 21.6 Å². The van der Waals surface area contributed by atoms with E-state index in [4.69, 9.17) is 15.3 Å². The van der Waals surface area contributed by atoms with Crippen molar-refractivity contribution < 1.29 is 20.4 Å². The van der Waals surface area contributed by atoms with E-state index in [9.17, 15) is 5.11 Å². The van der Waals surface area contributed by atoms with Crippen molar-refractivity contribution in [3.05, 3.63) is 0 Å². The van der Waals surface area contributed by atoms with Crippen LogP contribution in [0.5, 0.6) is 0 Å². The summed E-state index contributed by atoms with van der Waals surface area (Å²) in [5, 5.41) is 35.7. The van der Waals surface area contributed by atoms with Crippen molar-refractivity contribution in [2.24, 2.45) is 0 Å². The fourth-order valence-electron chi connectivity index (χ4n) is 2.11. The second-order valence-corrected chi connectivity index (χ2v) is 8.38. The van der Waals surface area contributed by atoms with E-state index in [2.05, 4.69) is 0 Å². The Morgan fingerprint density at radius 1 is 0.591 bits per heavy atom. The molecule has 0 aromatic carbocycles. The van der Waals surface area contributed by atoms with Gasteiger partial charge in [0.25, 0.3) is 0 Å². The Bertz CT molecular complexity index is 198. The van der Waals surface area contributed by atoms with Crippen LogP contribution in [0.1, 0.15) is 64.2 Å². The zero-order chi connectivity index (χ0) is 16.5. The molecule has 4 N–H and O–H groups in total. The summed E-state index contributed by atoms with van der Waals surface area (Å²) in [6.45, 7) is -0.256. The molecule has 0 radical (unpaired) electrons. The molecule has 4 nitrogen and oxygen atoms in total. The monoisotopic (exact) mass is 354 g/mol. The number of unbranched alkanes of at least 4 members (excludes halogenated alkanes) is 8. The van der Waals surface area contributed by atoms with Crippen molar-refractivity contribution in [2.45, 2.75) is 76.4 Å². The highest BCUT2D eigenvalue weighted by Gasteiger charge is 2.02. The Labute approximate surface area is 143 Å². The lowest BCUT2D eigenvalue weighted by molar-refractivity contribution is 0.0860. The molecular formula is C16H34O4S2. The van der Waals surface area contributed by atoms with Gasteiger partial charge in [-0.1, -0.05) is 73.0 Å². The molecule has 0 aliphatic carbocycles. The van der Waals surface area contributed by atoms with Gasteiger partial charge in [0, 0.05) is 11.5 Å². The third kappa shape index (κ3) is 16.9. The first kappa shape index (κ1) is 22.5. The molecule has 6 heteroatoms. The van der Waals surface area contributed by atoms with E-state index in [1.807, 2.05) is 0 Å². The normalized spacial score (nSPS) is 14.2. The summed E-state index contributed by atoms with van der Waals surface area (Å²) in [4.78, 5) is 0. The van der Waals surface area contributed by atoms with Gasteiger partial charge in [0.05, 0.1) is 25.4 Å². The van der Waals surface area contributed by atoms with Gasteiger partial charge < -0.3 is 20.4 Å². The highest BCUT2D eigenvalue weighted by molar-refractivity contribution is 8.76. The van der Waals surface area contributed by atoms with Crippen LogP contribution in [-0.4, -0.2) is 57.4 Å². The van der Waals surface area contributed by atoms with Crippen molar-refractivity contribution in [3.8, 4) is 0 Å². The molecule has 0 heterocycles. The maximum absolute atomic E-state index is 9.20. The maximum atomic E-state index is 9.20. The van der Waals surface area contributed by atoms with Crippen LogP contribution < -0.4 is 0 Å². The lowest BCUT2D eigenvalue weighted by atomic mass is 10.1. The van der Waals surface area contributed by atoms with Gasteiger partial charge in [0.2, 0.25) is 0 Å². The average molecular weight is 355 g/mol. The standard InChI is InChI=1S/C16H34O4S2/c17-12-15(19)10-8-6-4-2-1-3-5-7-9-11-21-22-14-16(20)13-18/h15-20H,1-14H2. The highest BCUT2D eigenvalue weighted by Crippen LogP contribution is 2.23. The third-order valence-electron chi connectivity index (χ3n) is 3.53. The van der Waals surface area contributed by atoms with Crippen LogP contribution in [0.3, 0.4) is 0 Å². The molecule has 0 saturated carbocycles. The molecule has 0 aromatic heterocycles. The lowest BCUT2D eigenvalue weighted by Crippen LogP contribution is -2.13. The first-order valence-corrected chi connectivity index (χ1v) is 11.0. The second kappa shape index (κ2) is 17.9. The predicted molar refractivity (Wildman–Crippen MR) is 97.3 cm³/mol. The molecule has 0 aromatic rings. The predicted octanol–water partition coefficient (Wildman–Crippen LogP) is 2.98. The Hall–Kier alpha value is 0.540. The van der Waals surface area contributed by atoms with E-state index in [1.165, 1.54) is 44.9 Å². The number of aliphatic hydroxyl groups excluding tert-OH is 4. The molecule has 0 rings (SSSR count). The Morgan fingerprint density at radius 2 is 1.09 bits per heavy atom. The van der Waals surface area contributed by atoms with Crippen molar-refractivity contribution in [1.82, 2.24) is 0 Å². The van der Waals surface area contributed by atoms with Crippen LogP contribution in [0.15, 0.2) is 0 Å². The smallest absolute Gasteiger partial charge is 0.0869 e. The number of aliphatic hydroxyl groups is 4. The summed E-state index contributed by atoms with van der Waals surface area (Å²) in [5.41, 5.74) is 0. The zero-order valence-electron chi connectivity index (χ0n) is 13.7. The summed E-state index contributed by atoms with van der Waals surface area (Å²) in [6, 6.07) is 0. The molecule has 0 amide bonds. The van der Waals surface area contributed by atoms with Gasteiger partial charge in [0.15, 0.2) is 0 Å². The summed E-state index contributed by atoms with van der Waals surface area (Å²) in [6.07, 6.45) is 10.7. The minimum Gasteiger partial charge on any atom is -0.394 e. The quantitative estimate of drug-likeness (QED) is 0.237. The molecule has 134 valence electrons. The summed E-state index contributed by atoms with van der Waals surface area (Å²) < 4.78 is 0. The van der Waals surface area contributed by atoms with Gasteiger partial charge in [-0.2, -0.15) is 0 Å². The number of hydrogen-bond acceptors (Lipinski definition) is 6. The van der Waals surface area contributed by atoms with Gasteiger partial charge in [0.1, 0.15) is 0 Å². The summed E-state index contributed by atoms with van der Waals surface area (Å²) in [7, 11) is 3.43. The van der Waals surface area contributed by atoms with Crippen molar-refractivity contribution >= 4 is 21.6 Å². The van der Waals surface area contributed by atoms with Gasteiger partial charge >= 0.3 is 0 Å². The SMILES string of the molecule is OCC(O)CCCCCCCCCCCSSCC(O)CO. The first-order chi connectivity index (χ1) is 10.7. The van der Waals surface area contributed by atoms with Gasteiger partial charge in [-0.3, -0.25) is 0 Å². The lowest BCUT2D eigenvalue weighted by Gasteiger charge is -2.06. The molecule has 2 unspecified atom stereocenters. The topological polar surface area (TPSA) is 80.9 Å². The van der Waals surface area contributed by atoms with Crippen LogP contribution in [0.25, 0.3) is 0 Å². The van der Waals surface area contributed by atoms with Gasteiger partial charge in [-0.25, -0.2) is 0 Å². The molecule has 2 atom stereocenters. The minimum absolute atomic E-state index is 0.112. The largest absolute Gasteiger partial charge is 0.394 e. The number of hydrogen-bond donors (Lipinski definition) is 4. The van der Waals surface area contributed by atoms with Crippen molar-refractivity contribution in [1.29, 1.82) is 0 Å². The van der Waals surface area contributed by atoms with Gasteiger partial charge in [-0.15, -0.1) is 0 Å². The molecule has 22 heavy (non-hydrogen) atoms. The Balaban J connectivity index is 3.03. The molecule has 0 aliphatic heterocycles. The Kier molecular flexibility index (Phi) is 18.3. The minimum atomic E-state index is -0.579. The molecule has 0 fully saturated rings. The molecule has 0 bridgehead atoms. The van der Waals surface area contributed by atoms with E-state index in [0.29, 0.717) is 5.75 Å². The Morgan fingerprint density at radius 3 is 1.64 bits per heavy atom. The van der Waals surface area contributed by atoms with Crippen LogP contribution in [-0.2, 0) is 0 Å². The van der Waals surface area contributed by atoms with E-state index < -0.39 is 12.2 Å². The van der Waals surface area contributed by atoms with Crippen LogP contribution >= 0.6 is 21.6 Å². The van der Waals surface area contributed by atoms with E-state index in [-0.39, 0.29) is 13.2 Å². The van der Waals surface area contributed by atoms with Crippen molar-refractivity contribution in [2.75, 3.05) is 24.7 Å². The maximum Gasteiger partial charge on any atom is 0.0869 e. The highest BCUT2D eigenvalue weighted by atomic mass is 33.1. The van der Waals surface area contributed by atoms with E-state index in [0.717, 1.165) is 25.0 Å². The zero-order valence-corrected chi connectivity index (χ0v) is 15.3. The van der Waals surface area contributed by atoms with Crippen LogP contribution in [0, 0.1) is 0 Å². The first-order valence-electron chi connectivity index (χ1n) is 8.53. The van der Waals surface area contributed by atoms with Crippen LogP contribution in [0.4, 0.5) is 0 Å². The second-order valence-electron chi connectivity index (χ2n) is 5.75.